The third-order valence-electron chi connectivity index (χ3n) is 3.51. The molecule has 3 nitrogen and oxygen atoms in total. The monoisotopic (exact) mass is 245 g/mol. The Balaban J connectivity index is 1.87. The van der Waals surface area contributed by atoms with Gasteiger partial charge in [0.1, 0.15) is 11.5 Å². The molecule has 18 heavy (non-hydrogen) atoms. The van der Waals surface area contributed by atoms with E-state index in [0.717, 1.165) is 25.9 Å². The van der Waals surface area contributed by atoms with Gasteiger partial charge >= 0.3 is 0 Å². The zero-order valence-corrected chi connectivity index (χ0v) is 10.1. The largest absolute Gasteiger partial charge is 0.317 e. The Bertz CT molecular complexity index is 529. The van der Waals surface area contributed by atoms with Gasteiger partial charge in [0.05, 0.1) is 6.20 Å². The van der Waals surface area contributed by atoms with E-state index in [4.69, 9.17) is 0 Å². The van der Waals surface area contributed by atoms with Gasteiger partial charge in [0.2, 0.25) is 0 Å². The Kier molecular flexibility index (Phi) is 3.11. The van der Waals surface area contributed by atoms with Crippen LogP contribution in [-0.2, 0) is 0 Å². The summed E-state index contributed by atoms with van der Waals surface area (Å²) in [6.45, 7) is 2.10. The number of nitrogens with one attached hydrogen (secondary N) is 1. The van der Waals surface area contributed by atoms with E-state index < -0.39 is 0 Å². The number of piperidine rings is 1. The highest BCUT2D eigenvalue weighted by molar-refractivity contribution is 5.33. The summed E-state index contributed by atoms with van der Waals surface area (Å²) in [6, 6.07) is 6.72. The molecule has 1 aromatic heterocycles. The first kappa shape index (κ1) is 11.4. The second-order valence-corrected chi connectivity index (χ2v) is 4.69. The SMILES string of the molecule is Fc1ccccc1-n1cc(C2CCNCC2)cn1. The summed E-state index contributed by atoms with van der Waals surface area (Å²) in [7, 11) is 0. The third kappa shape index (κ3) is 2.16. The molecule has 0 unspecified atom stereocenters. The van der Waals surface area contributed by atoms with Crippen molar-refractivity contribution < 1.29 is 4.39 Å². The smallest absolute Gasteiger partial charge is 0.148 e. The molecule has 1 aliphatic heterocycles. The number of hydrogen-bond acceptors (Lipinski definition) is 2. The maximum Gasteiger partial charge on any atom is 0.148 e. The van der Waals surface area contributed by atoms with Crippen LogP contribution in [0.3, 0.4) is 0 Å². The van der Waals surface area contributed by atoms with E-state index >= 15 is 0 Å². The molecule has 0 spiro atoms. The zero-order chi connectivity index (χ0) is 12.4. The summed E-state index contributed by atoms with van der Waals surface area (Å²) >= 11 is 0. The normalized spacial score (nSPS) is 16.9. The predicted octanol–water partition coefficient (Wildman–Crippen LogP) is 2.48. The van der Waals surface area contributed by atoms with E-state index in [1.54, 1.807) is 16.8 Å². The minimum absolute atomic E-state index is 0.238. The van der Waals surface area contributed by atoms with Crippen molar-refractivity contribution in [3.8, 4) is 5.69 Å². The molecule has 0 atom stereocenters. The lowest BCUT2D eigenvalue weighted by atomic mass is 9.93. The Hall–Kier alpha value is -1.68. The lowest BCUT2D eigenvalue weighted by Gasteiger charge is -2.21. The molecule has 0 amide bonds. The molecule has 1 saturated heterocycles. The van der Waals surface area contributed by atoms with Gasteiger partial charge in [-0.2, -0.15) is 5.10 Å². The van der Waals surface area contributed by atoms with Gasteiger partial charge in [-0.15, -0.1) is 0 Å². The van der Waals surface area contributed by atoms with E-state index in [2.05, 4.69) is 10.4 Å². The fourth-order valence-corrected chi connectivity index (χ4v) is 2.47. The van der Waals surface area contributed by atoms with Gasteiger partial charge in [0.15, 0.2) is 0 Å². The van der Waals surface area contributed by atoms with Crippen molar-refractivity contribution in [3.63, 3.8) is 0 Å². The van der Waals surface area contributed by atoms with Crippen LogP contribution in [0.5, 0.6) is 0 Å². The summed E-state index contributed by atoms with van der Waals surface area (Å²) in [5.74, 6) is 0.309. The molecule has 0 bridgehead atoms. The maximum absolute atomic E-state index is 13.7. The van der Waals surface area contributed by atoms with E-state index in [1.807, 2.05) is 18.5 Å². The van der Waals surface area contributed by atoms with Crippen LogP contribution in [0.4, 0.5) is 4.39 Å². The lowest BCUT2D eigenvalue weighted by molar-refractivity contribution is 0.460. The van der Waals surface area contributed by atoms with Crippen molar-refractivity contribution in [2.24, 2.45) is 0 Å². The van der Waals surface area contributed by atoms with Gasteiger partial charge in [0, 0.05) is 6.20 Å². The first-order chi connectivity index (χ1) is 8.84. The fourth-order valence-electron chi connectivity index (χ4n) is 2.47. The van der Waals surface area contributed by atoms with Gasteiger partial charge in [-0.1, -0.05) is 12.1 Å². The fraction of sp³-hybridized carbons (Fsp3) is 0.357. The summed E-state index contributed by atoms with van der Waals surface area (Å²) in [5, 5.41) is 7.62. The molecular formula is C14H16FN3. The van der Waals surface area contributed by atoms with Gasteiger partial charge < -0.3 is 5.32 Å². The van der Waals surface area contributed by atoms with Gasteiger partial charge in [-0.25, -0.2) is 9.07 Å². The Morgan fingerprint density at radius 1 is 1.22 bits per heavy atom. The highest BCUT2D eigenvalue weighted by atomic mass is 19.1. The molecule has 1 fully saturated rings. The molecule has 0 aliphatic carbocycles. The summed E-state index contributed by atoms with van der Waals surface area (Å²) in [4.78, 5) is 0. The summed E-state index contributed by atoms with van der Waals surface area (Å²) < 4.78 is 15.3. The highest BCUT2D eigenvalue weighted by Gasteiger charge is 2.17. The second kappa shape index (κ2) is 4.90. The highest BCUT2D eigenvalue weighted by Crippen LogP contribution is 2.25. The molecule has 0 saturated carbocycles. The summed E-state index contributed by atoms with van der Waals surface area (Å²) in [5.41, 5.74) is 1.72. The lowest BCUT2D eigenvalue weighted by Crippen LogP contribution is -2.26. The van der Waals surface area contributed by atoms with Crippen LogP contribution in [0.25, 0.3) is 5.69 Å². The van der Waals surface area contributed by atoms with E-state index in [9.17, 15) is 4.39 Å². The topological polar surface area (TPSA) is 29.9 Å². The first-order valence-electron chi connectivity index (χ1n) is 6.35. The Labute approximate surface area is 106 Å². The molecule has 2 heterocycles. The molecule has 0 radical (unpaired) electrons. The van der Waals surface area contributed by atoms with Crippen LogP contribution in [0.1, 0.15) is 24.3 Å². The van der Waals surface area contributed by atoms with Crippen LogP contribution in [-0.4, -0.2) is 22.9 Å². The Morgan fingerprint density at radius 2 is 2.00 bits per heavy atom. The van der Waals surface area contributed by atoms with E-state index in [1.165, 1.54) is 11.6 Å². The second-order valence-electron chi connectivity index (χ2n) is 4.69. The van der Waals surface area contributed by atoms with Crippen LogP contribution in [0, 0.1) is 5.82 Å². The predicted molar refractivity (Wildman–Crippen MR) is 68.4 cm³/mol. The molecular weight excluding hydrogens is 229 g/mol. The molecule has 2 aromatic rings. The molecule has 94 valence electrons. The van der Waals surface area contributed by atoms with E-state index in [0.29, 0.717) is 11.6 Å². The third-order valence-corrected chi connectivity index (χ3v) is 3.51. The number of rotatable bonds is 2. The molecule has 1 N–H and O–H groups in total. The first-order valence-corrected chi connectivity index (χ1v) is 6.35. The van der Waals surface area contributed by atoms with Crippen LogP contribution in [0.2, 0.25) is 0 Å². The van der Waals surface area contributed by atoms with Crippen molar-refractivity contribution in [1.29, 1.82) is 0 Å². The summed E-state index contributed by atoms with van der Waals surface area (Å²) in [6.07, 6.45) is 6.07. The van der Waals surface area contributed by atoms with Crippen molar-refractivity contribution >= 4 is 0 Å². The molecule has 3 rings (SSSR count). The number of para-hydroxylation sites is 1. The van der Waals surface area contributed by atoms with Crippen LogP contribution >= 0.6 is 0 Å². The molecule has 1 aromatic carbocycles. The number of halogens is 1. The van der Waals surface area contributed by atoms with Crippen LogP contribution in [0.15, 0.2) is 36.7 Å². The molecule has 1 aliphatic rings. The van der Waals surface area contributed by atoms with Crippen molar-refractivity contribution in [2.45, 2.75) is 18.8 Å². The van der Waals surface area contributed by atoms with Crippen LogP contribution < -0.4 is 5.32 Å². The van der Waals surface area contributed by atoms with Crippen molar-refractivity contribution in [2.75, 3.05) is 13.1 Å². The zero-order valence-electron chi connectivity index (χ0n) is 10.1. The number of benzene rings is 1. The standard InChI is InChI=1S/C14H16FN3/c15-13-3-1-2-4-14(13)18-10-12(9-17-18)11-5-7-16-8-6-11/h1-4,9-11,16H,5-8H2. The van der Waals surface area contributed by atoms with Gasteiger partial charge in [0.25, 0.3) is 0 Å². The molecule has 4 heteroatoms. The van der Waals surface area contributed by atoms with Gasteiger partial charge in [-0.3, -0.25) is 0 Å². The Morgan fingerprint density at radius 3 is 2.78 bits per heavy atom. The van der Waals surface area contributed by atoms with E-state index in [-0.39, 0.29) is 5.82 Å². The van der Waals surface area contributed by atoms with Crippen molar-refractivity contribution in [3.05, 3.63) is 48.0 Å². The maximum atomic E-state index is 13.7. The number of hydrogen-bond donors (Lipinski definition) is 1. The minimum Gasteiger partial charge on any atom is -0.317 e. The quantitative estimate of drug-likeness (QED) is 0.881. The minimum atomic E-state index is -0.238. The number of nitrogens with zero attached hydrogens (tertiary/aromatic N) is 2. The average Bonchev–Trinajstić information content (AvgIpc) is 2.90. The number of aromatic nitrogens is 2. The van der Waals surface area contributed by atoms with Gasteiger partial charge in [-0.05, 0) is 49.5 Å². The average molecular weight is 245 g/mol. The van der Waals surface area contributed by atoms with Crippen molar-refractivity contribution in [1.82, 2.24) is 15.1 Å².